The molecule has 34 heavy (non-hydrogen) atoms. The fourth-order valence-corrected chi connectivity index (χ4v) is 4.44. The van der Waals surface area contributed by atoms with E-state index in [9.17, 15) is 28.9 Å². The number of anilines is 2. The van der Waals surface area contributed by atoms with E-state index in [0.717, 1.165) is 23.4 Å². The van der Waals surface area contributed by atoms with E-state index in [2.05, 4.69) is 5.32 Å². The van der Waals surface area contributed by atoms with E-state index < -0.39 is 22.3 Å². The maximum atomic E-state index is 13.5. The van der Waals surface area contributed by atoms with Crippen LogP contribution in [0.5, 0.6) is 0 Å². The molecule has 2 saturated heterocycles. The first-order chi connectivity index (χ1) is 16.2. The number of halogens is 1. The van der Waals surface area contributed by atoms with Gasteiger partial charge in [0.2, 0.25) is 23.5 Å². The molecule has 1 N–H and O–H groups in total. The van der Waals surface area contributed by atoms with Crippen molar-refractivity contribution in [3.8, 4) is 0 Å². The zero-order valence-electron chi connectivity index (χ0n) is 18.7. The number of hydrogen-bond donors (Lipinski definition) is 1. The molecule has 178 valence electrons. The highest BCUT2D eigenvalue weighted by atomic mass is 19.1. The van der Waals surface area contributed by atoms with Crippen LogP contribution < -0.4 is 10.2 Å². The van der Waals surface area contributed by atoms with Crippen LogP contribution in [-0.4, -0.2) is 47.2 Å². The number of nitrogens with one attached hydrogen (secondary N) is 1. The maximum Gasteiger partial charge on any atom is 0.306 e. The lowest BCUT2D eigenvalue weighted by molar-refractivity contribution is -0.387. The first-order valence-electron chi connectivity index (χ1n) is 11.1. The number of nitro groups is 1. The molecule has 0 spiro atoms. The van der Waals surface area contributed by atoms with Crippen LogP contribution in [0.15, 0.2) is 42.5 Å². The van der Waals surface area contributed by atoms with Crippen molar-refractivity contribution in [3.63, 3.8) is 0 Å². The van der Waals surface area contributed by atoms with Gasteiger partial charge in [-0.25, -0.2) is 0 Å². The number of hydrogen-bond acceptors (Lipinski definition) is 5. The van der Waals surface area contributed by atoms with E-state index in [1.165, 1.54) is 6.07 Å². The third kappa shape index (κ3) is 4.90. The Balaban J connectivity index is 1.31. The van der Waals surface area contributed by atoms with Crippen LogP contribution in [0, 0.1) is 34.7 Å². The summed E-state index contributed by atoms with van der Waals surface area (Å²) in [5.41, 5.74) is 1.32. The third-order valence-corrected chi connectivity index (χ3v) is 6.41. The van der Waals surface area contributed by atoms with Gasteiger partial charge < -0.3 is 15.1 Å². The molecule has 1 atom stereocenters. The van der Waals surface area contributed by atoms with Crippen molar-refractivity contribution < 1.29 is 23.7 Å². The molecule has 9 nitrogen and oxygen atoms in total. The van der Waals surface area contributed by atoms with E-state index in [-0.39, 0.29) is 35.7 Å². The Hall–Kier alpha value is -3.82. The van der Waals surface area contributed by atoms with Crippen molar-refractivity contribution in [3.05, 3.63) is 64.0 Å². The summed E-state index contributed by atoms with van der Waals surface area (Å²) in [7, 11) is 0. The van der Waals surface area contributed by atoms with Gasteiger partial charge in [-0.1, -0.05) is 17.7 Å². The lowest BCUT2D eigenvalue weighted by atomic mass is 9.94. The number of carbonyl (C=O) groups is 3. The minimum absolute atomic E-state index is 0.0788. The molecule has 0 aliphatic carbocycles. The molecule has 2 fully saturated rings. The van der Waals surface area contributed by atoms with E-state index in [4.69, 9.17) is 0 Å². The molecule has 2 aromatic carbocycles. The molecule has 2 aliphatic heterocycles. The average molecular weight is 468 g/mol. The second-order valence-electron chi connectivity index (χ2n) is 8.75. The van der Waals surface area contributed by atoms with Gasteiger partial charge in [-0.05, 0) is 44.0 Å². The quantitative estimate of drug-likeness (QED) is 0.535. The van der Waals surface area contributed by atoms with Gasteiger partial charge in [0.15, 0.2) is 0 Å². The van der Waals surface area contributed by atoms with Gasteiger partial charge in [0, 0.05) is 49.4 Å². The number of nitro benzene ring substituents is 1. The smallest absolute Gasteiger partial charge is 0.306 e. The number of carbonyl (C=O) groups excluding carboxylic acids is 3. The first-order valence-corrected chi connectivity index (χ1v) is 11.1. The molecule has 0 aromatic heterocycles. The molecular weight excluding hydrogens is 443 g/mol. The van der Waals surface area contributed by atoms with Crippen LogP contribution in [0.4, 0.5) is 21.5 Å². The molecule has 0 radical (unpaired) electrons. The fourth-order valence-electron chi connectivity index (χ4n) is 4.44. The van der Waals surface area contributed by atoms with Crippen molar-refractivity contribution in [2.45, 2.75) is 26.2 Å². The topological polar surface area (TPSA) is 113 Å². The summed E-state index contributed by atoms with van der Waals surface area (Å²) < 4.78 is 13.5. The first kappa shape index (κ1) is 23.3. The van der Waals surface area contributed by atoms with E-state index in [0.29, 0.717) is 32.5 Å². The van der Waals surface area contributed by atoms with Crippen molar-refractivity contribution in [1.82, 2.24) is 4.90 Å². The number of nitrogens with zero attached hydrogens (tertiary/aromatic N) is 3. The minimum atomic E-state index is -0.971. The summed E-state index contributed by atoms with van der Waals surface area (Å²) in [6.45, 7) is 3.07. The standard InChI is InChI=1S/C24H25FN4O5/c1-15-2-5-19(6-3-15)28-14-17(12-22(28)30)24(32)27-10-8-16(9-11-27)23(31)26-18-4-7-20(25)21(13-18)29(33)34/h2-7,13,16-17H,8-12,14H2,1H3,(H,26,31). The lowest BCUT2D eigenvalue weighted by Crippen LogP contribution is -2.44. The largest absolute Gasteiger partial charge is 0.342 e. The Labute approximate surface area is 195 Å². The van der Waals surface area contributed by atoms with Crippen LogP contribution in [0.2, 0.25) is 0 Å². The minimum Gasteiger partial charge on any atom is -0.342 e. The molecule has 10 heteroatoms. The molecule has 0 bridgehead atoms. The predicted molar refractivity (Wildman–Crippen MR) is 123 cm³/mol. The van der Waals surface area contributed by atoms with Gasteiger partial charge >= 0.3 is 5.69 Å². The maximum absolute atomic E-state index is 13.5. The molecule has 2 heterocycles. The van der Waals surface area contributed by atoms with E-state index in [1.807, 2.05) is 31.2 Å². The molecule has 1 unspecified atom stereocenters. The molecule has 0 saturated carbocycles. The Kier molecular flexibility index (Phi) is 6.58. The molecule has 2 aliphatic rings. The molecule has 3 amide bonds. The summed E-state index contributed by atoms with van der Waals surface area (Å²) in [6, 6.07) is 10.8. The number of rotatable bonds is 5. The predicted octanol–water partition coefficient (Wildman–Crippen LogP) is 3.27. The highest BCUT2D eigenvalue weighted by Crippen LogP contribution is 2.29. The SMILES string of the molecule is Cc1ccc(N2CC(C(=O)N3CCC(C(=O)Nc4ccc(F)c([N+](=O)[O-])c4)CC3)CC2=O)cc1. The van der Waals surface area contributed by atoms with Gasteiger partial charge in [-0.15, -0.1) is 0 Å². The summed E-state index contributed by atoms with van der Waals surface area (Å²) in [5.74, 6) is -2.25. The zero-order chi connectivity index (χ0) is 24.4. The van der Waals surface area contributed by atoms with Gasteiger partial charge in [-0.3, -0.25) is 24.5 Å². The van der Waals surface area contributed by atoms with Gasteiger partial charge in [-0.2, -0.15) is 4.39 Å². The van der Waals surface area contributed by atoms with Crippen LogP contribution in [0.3, 0.4) is 0 Å². The number of amides is 3. The monoisotopic (exact) mass is 468 g/mol. The summed E-state index contributed by atoms with van der Waals surface area (Å²) in [6.07, 6.45) is 1.03. The normalized spacial score (nSPS) is 18.8. The second-order valence-corrected chi connectivity index (χ2v) is 8.75. The molecular formula is C24H25FN4O5. The van der Waals surface area contributed by atoms with Crippen molar-refractivity contribution in [2.75, 3.05) is 29.9 Å². The van der Waals surface area contributed by atoms with Crippen LogP contribution in [0.25, 0.3) is 0 Å². The van der Waals surface area contributed by atoms with Gasteiger partial charge in [0.05, 0.1) is 10.8 Å². The molecule has 2 aromatic rings. The fraction of sp³-hybridized carbons (Fsp3) is 0.375. The number of likely N-dealkylation sites (tertiary alicyclic amines) is 1. The summed E-state index contributed by atoms with van der Waals surface area (Å²) in [5, 5.41) is 13.5. The number of benzene rings is 2. The van der Waals surface area contributed by atoms with Gasteiger partial charge in [0.1, 0.15) is 0 Å². The Morgan fingerprint density at radius 1 is 1.09 bits per heavy atom. The Morgan fingerprint density at radius 2 is 1.76 bits per heavy atom. The zero-order valence-corrected chi connectivity index (χ0v) is 18.7. The van der Waals surface area contributed by atoms with Crippen molar-refractivity contribution >= 4 is 34.8 Å². The summed E-state index contributed by atoms with van der Waals surface area (Å²) >= 11 is 0. The molecule has 4 rings (SSSR count). The van der Waals surface area contributed by atoms with E-state index >= 15 is 0 Å². The van der Waals surface area contributed by atoms with Crippen molar-refractivity contribution in [2.24, 2.45) is 11.8 Å². The number of aryl methyl sites for hydroxylation is 1. The summed E-state index contributed by atoms with van der Waals surface area (Å²) in [4.78, 5) is 51.5. The third-order valence-electron chi connectivity index (χ3n) is 6.41. The number of piperidine rings is 1. The van der Waals surface area contributed by atoms with Crippen LogP contribution in [0.1, 0.15) is 24.8 Å². The lowest BCUT2D eigenvalue weighted by Gasteiger charge is -2.33. The second kappa shape index (κ2) is 9.58. The highest BCUT2D eigenvalue weighted by Gasteiger charge is 2.38. The van der Waals surface area contributed by atoms with Crippen molar-refractivity contribution in [1.29, 1.82) is 0 Å². The van der Waals surface area contributed by atoms with E-state index in [1.54, 1.807) is 9.80 Å². The highest BCUT2D eigenvalue weighted by molar-refractivity contribution is 6.00. The Bertz CT molecular complexity index is 1130. The van der Waals surface area contributed by atoms with Gasteiger partial charge in [0.25, 0.3) is 0 Å². The average Bonchev–Trinajstić information content (AvgIpc) is 3.21. The van der Waals surface area contributed by atoms with Crippen LogP contribution >= 0.6 is 0 Å². The van der Waals surface area contributed by atoms with Crippen LogP contribution in [-0.2, 0) is 14.4 Å². The Morgan fingerprint density at radius 3 is 2.41 bits per heavy atom.